The fraction of sp³-hybridized carbons (Fsp3) is 0.192. The highest BCUT2D eigenvalue weighted by Crippen LogP contribution is 2.28. The molecule has 0 spiro atoms. The van der Waals surface area contributed by atoms with Crippen LogP contribution >= 0.6 is 0 Å². The summed E-state index contributed by atoms with van der Waals surface area (Å²) in [4.78, 5) is 26.5. The van der Waals surface area contributed by atoms with Crippen LogP contribution in [0.4, 0.5) is 0 Å². The summed E-state index contributed by atoms with van der Waals surface area (Å²) in [5.41, 5.74) is 10.8. The fourth-order valence-corrected chi connectivity index (χ4v) is 3.89. The van der Waals surface area contributed by atoms with E-state index < -0.39 is 5.91 Å². The van der Waals surface area contributed by atoms with Crippen molar-refractivity contribution in [3.05, 3.63) is 99.3 Å². The molecule has 0 unspecified atom stereocenters. The molecule has 162 valence electrons. The molecule has 0 atom stereocenters. The molecule has 0 aliphatic carbocycles. The van der Waals surface area contributed by atoms with E-state index in [9.17, 15) is 9.59 Å². The molecule has 0 radical (unpaired) electrons. The smallest absolute Gasteiger partial charge is 0.275 e. The fourth-order valence-electron chi connectivity index (χ4n) is 3.89. The number of carbonyl (C=O) groups is 1. The van der Waals surface area contributed by atoms with Crippen molar-refractivity contribution in [1.82, 2.24) is 14.7 Å². The average molecular weight is 427 g/mol. The number of benzene rings is 3. The van der Waals surface area contributed by atoms with Crippen LogP contribution in [0.1, 0.15) is 27.0 Å². The molecule has 1 aromatic heterocycles. The minimum atomic E-state index is -0.448. The van der Waals surface area contributed by atoms with Gasteiger partial charge < -0.3 is 5.73 Å². The van der Waals surface area contributed by atoms with Crippen LogP contribution in [0.2, 0.25) is 0 Å². The van der Waals surface area contributed by atoms with Gasteiger partial charge in [0.2, 0.25) is 5.91 Å². The Hall–Kier alpha value is -3.77. The highest BCUT2D eigenvalue weighted by Gasteiger charge is 2.15. The number of carbonyl (C=O) groups excluding carboxylic acids is 1. The van der Waals surface area contributed by atoms with Gasteiger partial charge in [-0.2, -0.15) is 5.10 Å². The summed E-state index contributed by atoms with van der Waals surface area (Å²) in [6.45, 7) is 5.04. The number of nitrogens with zero attached hydrogens (tertiary/aromatic N) is 3. The maximum atomic E-state index is 13.2. The van der Waals surface area contributed by atoms with Crippen LogP contribution in [0, 0.1) is 13.8 Å². The van der Waals surface area contributed by atoms with Crippen molar-refractivity contribution in [3.8, 4) is 11.3 Å². The molecule has 0 saturated heterocycles. The minimum absolute atomic E-state index is 0.120. The van der Waals surface area contributed by atoms with Gasteiger partial charge in [0.15, 0.2) is 0 Å². The second kappa shape index (κ2) is 8.77. The molecular weight excluding hydrogens is 400 g/mol. The van der Waals surface area contributed by atoms with E-state index in [2.05, 4.69) is 32.0 Å². The Bertz CT molecular complexity index is 1360. The summed E-state index contributed by atoms with van der Waals surface area (Å²) in [6, 6.07) is 21.1. The molecule has 6 nitrogen and oxygen atoms in total. The molecule has 32 heavy (non-hydrogen) atoms. The topological polar surface area (TPSA) is 81.2 Å². The third-order valence-corrected chi connectivity index (χ3v) is 5.58. The number of aryl methyl sites for hydroxylation is 2. The van der Waals surface area contributed by atoms with Crippen molar-refractivity contribution >= 4 is 16.7 Å². The first kappa shape index (κ1) is 21.5. The number of amides is 1. The number of hydrogen-bond donors (Lipinski definition) is 1. The maximum absolute atomic E-state index is 13.2. The van der Waals surface area contributed by atoms with Crippen LogP contribution in [0.15, 0.2) is 71.5 Å². The molecule has 0 bridgehead atoms. The summed E-state index contributed by atoms with van der Waals surface area (Å²) in [5, 5.41) is 6.30. The van der Waals surface area contributed by atoms with Crippen LogP contribution in [0.25, 0.3) is 22.0 Å². The second-order valence-electron chi connectivity index (χ2n) is 8.23. The molecular formula is C26H26N4O2. The number of fused-ring (bicyclic) bond motifs is 1. The van der Waals surface area contributed by atoms with Gasteiger partial charge in [-0.25, -0.2) is 4.68 Å². The Balaban J connectivity index is 1.71. The SMILES string of the molecule is Cc1ccc(C)c(-c2nn(CN(C)Cc3ccc(C(N)=O)cc3)c(=O)c3ccccc23)c1. The van der Waals surface area contributed by atoms with Crippen LogP contribution in [0.3, 0.4) is 0 Å². The number of rotatable bonds is 6. The van der Waals surface area contributed by atoms with E-state index in [1.807, 2.05) is 48.3 Å². The monoisotopic (exact) mass is 426 g/mol. The van der Waals surface area contributed by atoms with Crippen molar-refractivity contribution in [2.75, 3.05) is 7.05 Å². The van der Waals surface area contributed by atoms with Gasteiger partial charge in [-0.15, -0.1) is 0 Å². The molecule has 3 aromatic carbocycles. The van der Waals surface area contributed by atoms with Crippen LogP contribution in [0.5, 0.6) is 0 Å². The van der Waals surface area contributed by atoms with Crippen molar-refractivity contribution in [2.45, 2.75) is 27.1 Å². The average Bonchev–Trinajstić information content (AvgIpc) is 2.78. The number of aromatic nitrogens is 2. The molecule has 0 aliphatic rings. The van der Waals surface area contributed by atoms with Crippen molar-refractivity contribution in [1.29, 1.82) is 0 Å². The zero-order valence-corrected chi connectivity index (χ0v) is 18.5. The molecule has 6 heteroatoms. The van der Waals surface area contributed by atoms with E-state index >= 15 is 0 Å². The molecule has 4 rings (SSSR count). The quantitative estimate of drug-likeness (QED) is 0.508. The van der Waals surface area contributed by atoms with E-state index in [0.29, 0.717) is 24.2 Å². The molecule has 2 N–H and O–H groups in total. The van der Waals surface area contributed by atoms with Crippen LogP contribution in [-0.4, -0.2) is 27.6 Å². The third kappa shape index (κ3) is 4.31. The van der Waals surface area contributed by atoms with E-state index in [0.717, 1.165) is 33.3 Å². The Labute approximate surface area is 186 Å². The summed E-state index contributed by atoms with van der Waals surface area (Å²) in [6.07, 6.45) is 0. The van der Waals surface area contributed by atoms with Gasteiger partial charge in [0.05, 0.1) is 17.7 Å². The van der Waals surface area contributed by atoms with Crippen LogP contribution in [-0.2, 0) is 13.2 Å². The molecule has 0 aliphatic heterocycles. The Morgan fingerprint density at radius 1 is 1.00 bits per heavy atom. The van der Waals surface area contributed by atoms with Gasteiger partial charge in [-0.1, -0.05) is 48.0 Å². The summed E-state index contributed by atoms with van der Waals surface area (Å²) in [5.74, 6) is -0.448. The van der Waals surface area contributed by atoms with Gasteiger partial charge in [0.1, 0.15) is 0 Å². The number of primary amides is 1. The number of nitrogens with two attached hydrogens (primary N) is 1. The van der Waals surface area contributed by atoms with Gasteiger partial charge >= 0.3 is 0 Å². The first-order valence-electron chi connectivity index (χ1n) is 10.5. The lowest BCUT2D eigenvalue weighted by atomic mass is 9.99. The summed E-state index contributed by atoms with van der Waals surface area (Å²) < 4.78 is 1.53. The maximum Gasteiger partial charge on any atom is 0.275 e. The second-order valence-corrected chi connectivity index (χ2v) is 8.23. The van der Waals surface area contributed by atoms with E-state index in [1.54, 1.807) is 12.1 Å². The lowest BCUT2D eigenvalue weighted by Gasteiger charge is -2.19. The highest BCUT2D eigenvalue weighted by atomic mass is 16.1. The predicted octanol–water partition coefficient (Wildman–Crippen LogP) is 3.87. The van der Waals surface area contributed by atoms with Gasteiger partial charge in [0, 0.05) is 23.1 Å². The largest absolute Gasteiger partial charge is 0.366 e. The van der Waals surface area contributed by atoms with Crippen molar-refractivity contribution in [2.24, 2.45) is 5.73 Å². The summed E-state index contributed by atoms with van der Waals surface area (Å²) in [7, 11) is 1.93. The Morgan fingerprint density at radius 3 is 2.38 bits per heavy atom. The Morgan fingerprint density at radius 2 is 1.69 bits per heavy atom. The number of hydrogen-bond acceptors (Lipinski definition) is 4. The van der Waals surface area contributed by atoms with Crippen molar-refractivity contribution < 1.29 is 4.79 Å². The van der Waals surface area contributed by atoms with Gasteiger partial charge in [-0.3, -0.25) is 14.5 Å². The molecule has 4 aromatic rings. The van der Waals surface area contributed by atoms with E-state index in [4.69, 9.17) is 10.8 Å². The standard InChI is InChI=1S/C26H26N4O2/c1-17-8-9-18(2)23(14-17)24-21-6-4-5-7-22(21)26(32)30(28-24)16-29(3)15-19-10-12-20(13-11-19)25(27)31/h4-14H,15-16H2,1-3H3,(H2,27,31). The van der Waals surface area contributed by atoms with Gasteiger partial charge in [0.25, 0.3) is 5.56 Å². The Kier molecular flexibility index (Phi) is 5.88. The predicted molar refractivity (Wildman–Crippen MR) is 127 cm³/mol. The molecule has 0 saturated carbocycles. The molecule has 0 fully saturated rings. The van der Waals surface area contributed by atoms with E-state index in [1.165, 1.54) is 4.68 Å². The van der Waals surface area contributed by atoms with Crippen LogP contribution < -0.4 is 11.3 Å². The highest BCUT2D eigenvalue weighted by molar-refractivity contribution is 5.94. The van der Waals surface area contributed by atoms with Crippen molar-refractivity contribution in [3.63, 3.8) is 0 Å². The lowest BCUT2D eigenvalue weighted by molar-refractivity contribution is 0.100. The first-order valence-corrected chi connectivity index (χ1v) is 10.5. The lowest BCUT2D eigenvalue weighted by Crippen LogP contribution is -2.32. The minimum Gasteiger partial charge on any atom is -0.366 e. The zero-order chi connectivity index (χ0) is 22.8. The molecule has 1 amide bonds. The molecule has 1 heterocycles. The third-order valence-electron chi connectivity index (χ3n) is 5.58. The zero-order valence-electron chi connectivity index (χ0n) is 18.5. The first-order chi connectivity index (χ1) is 15.3. The normalized spacial score (nSPS) is 11.2. The van der Waals surface area contributed by atoms with Gasteiger partial charge in [-0.05, 0) is 56.3 Å². The van der Waals surface area contributed by atoms with E-state index in [-0.39, 0.29) is 5.56 Å². The summed E-state index contributed by atoms with van der Waals surface area (Å²) >= 11 is 0.